The lowest BCUT2D eigenvalue weighted by Crippen LogP contribution is -2.22. The van der Waals surface area contributed by atoms with Gasteiger partial charge in [-0.15, -0.1) is 0 Å². The van der Waals surface area contributed by atoms with Gasteiger partial charge in [-0.3, -0.25) is 4.68 Å². The maximum absolute atomic E-state index is 4.51. The first kappa shape index (κ1) is 15.5. The van der Waals surface area contributed by atoms with Crippen molar-refractivity contribution in [2.24, 2.45) is 0 Å². The van der Waals surface area contributed by atoms with Crippen LogP contribution in [0, 0.1) is 13.8 Å². The topological polar surface area (TPSA) is 60.0 Å². The fourth-order valence-electron chi connectivity index (χ4n) is 2.69. The average Bonchev–Trinajstić information content (AvgIpc) is 3.04. The fourth-order valence-corrected chi connectivity index (χ4v) is 2.69. The highest BCUT2D eigenvalue weighted by molar-refractivity contribution is 5.45. The molecule has 23 heavy (non-hydrogen) atoms. The minimum Gasteiger partial charge on any atom is -0.376 e. The van der Waals surface area contributed by atoms with Crippen molar-refractivity contribution in [2.45, 2.75) is 53.1 Å². The molecule has 3 aromatic heterocycles. The molecule has 3 rings (SSSR count). The molecule has 122 valence electrons. The van der Waals surface area contributed by atoms with Crippen molar-refractivity contribution in [3.8, 4) is 0 Å². The van der Waals surface area contributed by atoms with Gasteiger partial charge in [0.2, 0.25) is 0 Å². The second kappa shape index (κ2) is 5.37. The first-order valence-corrected chi connectivity index (χ1v) is 7.89. The Morgan fingerprint density at radius 3 is 2.57 bits per heavy atom. The van der Waals surface area contributed by atoms with Crippen LogP contribution >= 0.6 is 0 Å². The maximum Gasteiger partial charge on any atom is 0.155 e. The lowest BCUT2D eigenvalue weighted by Gasteiger charge is -2.19. The molecule has 0 aromatic carbocycles. The fraction of sp³-hybridized carbons (Fsp3) is 0.471. The van der Waals surface area contributed by atoms with Gasteiger partial charge < -0.3 is 5.32 Å². The lowest BCUT2D eigenvalue weighted by molar-refractivity contribution is 0.355. The van der Waals surface area contributed by atoms with Crippen molar-refractivity contribution >= 4 is 11.3 Å². The minimum atomic E-state index is -0.0217. The zero-order chi connectivity index (χ0) is 16.8. The molecule has 0 bridgehead atoms. The van der Waals surface area contributed by atoms with Crippen LogP contribution in [0.1, 0.15) is 50.7 Å². The van der Waals surface area contributed by atoms with Crippen molar-refractivity contribution in [3.05, 3.63) is 41.6 Å². The molecule has 0 radical (unpaired) electrons. The van der Waals surface area contributed by atoms with Crippen molar-refractivity contribution in [2.75, 3.05) is 5.32 Å². The molecular formula is C17H24N6. The van der Waals surface area contributed by atoms with E-state index in [1.807, 2.05) is 40.8 Å². The summed E-state index contributed by atoms with van der Waals surface area (Å²) in [6.45, 7) is 12.6. The SMILES string of the molecule is Cc1cc2ncc([C@@H](C)Nc3cnn(C(C)(C)C)c3)c(C)n2n1. The van der Waals surface area contributed by atoms with E-state index >= 15 is 0 Å². The van der Waals surface area contributed by atoms with Gasteiger partial charge in [0.05, 0.1) is 29.2 Å². The molecule has 6 heteroatoms. The predicted molar refractivity (Wildman–Crippen MR) is 91.7 cm³/mol. The maximum atomic E-state index is 4.51. The van der Waals surface area contributed by atoms with E-state index in [1.54, 1.807) is 0 Å². The third kappa shape index (κ3) is 2.93. The molecule has 0 aliphatic carbocycles. The van der Waals surface area contributed by atoms with Crippen LogP contribution in [0.15, 0.2) is 24.7 Å². The molecule has 3 aromatic rings. The highest BCUT2D eigenvalue weighted by Crippen LogP contribution is 2.23. The monoisotopic (exact) mass is 312 g/mol. The van der Waals surface area contributed by atoms with E-state index in [-0.39, 0.29) is 11.6 Å². The molecule has 0 aliphatic heterocycles. The number of nitrogens with zero attached hydrogens (tertiary/aromatic N) is 5. The summed E-state index contributed by atoms with van der Waals surface area (Å²) in [7, 11) is 0. The van der Waals surface area contributed by atoms with E-state index in [9.17, 15) is 0 Å². The van der Waals surface area contributed by atoms with Crippen LogP contribution in [0.3, 0.4) is 0 Å². The smallest absolute Gasteiger partial charge is 0.155 e. The molecule has 0 aliphatic rings. The van der Waals surface area contributed by atoms with Gasteiger partial charge in [-0.1, -0.05) is 0 Å². The van der Waals surface area contributed by atoms with Gasteiger partial charge in [-0.2, -0.15) is 10.2 Å². The quantitative estimate of drug-likeness (QED) is 0.804. The van der Waals surface area contributed by atoms with Crippen LogP contribution in [0.25, 0.3) is 5.65 Å². The van der Waals surface area contributed by atoms with E-state index in [4.69, 9.17) is 0 Å². The number of rotatable bonds is 3. The van der Waals surface area contributed by atoms with Gasteiger partial charge in [0.1, 0.15) is 0 Å². The molecule has 0 amide bonds. The molecule has 0 spiro atoms. The molecule has 0 fully saturated rings. The molecule has 1 atom stereocenters. The Kier molecular flexibility index (Phi) is 3.62. The summed E-state index contributed by atoms with van der Waals surface area (Å²) in [5.41, 5.74) is 5.08. The van der Waals surface area contributed by atoms with Gasteiger partial charge in [0.15, 0.2) is 5.65 Å². The first-order chi connectivity index (χ1) is 10.8. The molecule has 0 saturated carbocycles. The number of aryl methyl sites for hydroxylation is 2. The summed E-state index contributed by atoms with van der Waals surface area (Å²) < 4.78 is 3.87. The van der Waals surface area contributed by atoms with Crippen molar-refractivity contribution in [1.29, 1.82) is 0 Å². The van der Waals surface area contributed by atoms with Crippen LogP contribution < -0.4 is 5.32 Å². The number of nitrogens with one attached hydrogen (secondary N) is 1. The standard InChI is InChI=1S/C17H24N6/c1-11-7-16-18-9-15(13(3)23(16)21-11)12(2)20-14-8-19-22(10-14)17(4,5)6/h7-10,12,20H,1-6H3/t12-/m1/s1. The van der Waals surface area contributed by atoms with Gasteiger partial charge in [-0.25, -0.2) is 9.50 Å². The third-order valence-electron chi connectivity index (χ3n) is 4.00. The minimum absolute atomic E-state index is 0.0217. The largest absolute Gasteiger partial charge is 0.376 e. The van der Waals surface area contributed by atoms with Crippen LogP contribution in [-0.4, -0.2) is 24.4 Å². The van der Waals surface area contributed by atoms with E-state index in [0.29, 0.717) is 0 Å². The zero-order valence-electron chi connectivity index (χ0n) is 14.6. The lowest BCUT2D eigenvalue weighted by atomic mass is 10.1. The Labute approximate surface area is 136 Å². The van der Waals surface area contributed by atoms with E-state index in [0.717, 1.165) is 28.3 Å². The third-order valence-corrected chi connectivity index (χ3v) is 4.00. The second-order valence-electron chi connectivity index (χ2n) is 7.07. The van der Waals surface area contributed by atoms with Gasteiger partial charge in [0, 0.05) is 29.7 Å². The highest BCUT2D eigenvalue weighted by Gasteiger charge is 2.17. The van der Waals surface area contributed by atoms with Crippen LogP contribution in [-0.2, 0) is 5.54 Å². The molecule has 1 N–H and O–H groups in total. The Balaban J connectivity index is 1.87. The van der Waals surface area contributed by atoms with E-state index < -0.39 is 0 Å². The van der Waals surface area contributed by atoms with Crippen LogP contribution in [0.4, 0.5) is 5.69 Å². The van der Waals surface area contributed by atoms with E-state index in [1.165, 1.54) is 0 Å². The van der Waals surface area contributed by atoms with Gasteiger partial charge in [-0.05, 0) is 41.5 Å². The van der Waals surface area contributed by atoms with Gasteiger partial charge in [0.25, 0.3) is 0 Å². The number of hydrogen-bond acceptors (Lipinski definition) is 4. The summed E-state index contributed by atoms with van der Waals surface area (Å²) >= 11 is 0. The molecule has 3 heterocycles. The van der Waals surface area contributed by atoms with Crippen molar-refractivity contribution in [3.63, 3.8) is 0 Å². The predicted octanol–water partition coefficient (Wildman–Crippen LogP) is 3.47. The van der Waals surface area contributed by atoms with Crippen molar-refractivity contribution in [1.82, 2.24) is 24.4 Å². The van der Waals surface area contributed by atoms with Gasteiger partial charge >= 0.3 is 0 Å². The van der Waals surface area contributed by atoms with Crippen molar-refractivity contribution < 1.29 is 0 Å². The molecule has 0 unspecified atom stereocenters. The summed E-state index contributed by atoms with van der Waals surface area (Å²) in [6, 6.07) is 2.11. The second-order valence-corrected chi connectivity index (χ2v) is 7.07. The first-order valence-electron chi connectivity index (χ1n) is 7.89. The van der Waals surface area contributed by atoms with Crippen LogP contribution in [0.5, 0.6) is 0 Å². The Hall–Kier alpha value is -2.37. The number of fused-ring (bicyclic) bond motifs is 1. The molecule has 6 nitrogen and oxygen atoms in total. The number of hydrogen-bond donors (Lipinski definition) is 1. The zero-order valence-corrected chi connectivity index (χ0v) is 14.6. The van der Waals surface area contributed by atoms with Crippen LogP contribution in [0.2, 0.25) is 0 Å². The number of aromatic nitrogens is 5. The number of anilines is 1. The average molecular weight is 312 g/mol. The Morgan fingerprint density at radius 1 is 1.17 bits per heavy atom. The highest BCUT2D eigenvalue weighted by atomic mass is 15.3. The summed E-state index contributed by atoms with van der Waals surface area (Å²) in [4.78, 5) is 4.51. The summed E-state index contributed by atoms with van der Waals surface area (Å²) in [6.07, 6.45) is 5.83. The molecule has 0 saturated heterocycles. The summed E-state index contributed by atoms with van der Waals surface area (Å²) in [5, 5.41) is 12.4. The Morgan fingerprint density at radius 2 is 1.91 bits per heavy atom. The Bertz CT molecular complexity index is 837. The molecular weight excluding hydrogens is 288 g/mol. The normalized spacial score (nSPS) is 13.5. The van der Waals surface area contributed by atoms with E-state index in [2.05, 4.69) is 55.1 Å². The summed E-state index contributed by atoms with van der Waals surface area (Å²) in [5.74, 6) is 0.